The van der Waals surface area contributed by atoms with Crippen LogP contribution in [0.4, 0.5) is 5.82 Å². The number of rotatable bonds is 2. The van der Waals surface area contributed by atoms with E-state index in [2.05, 4.69) is 23.0 Å². The summed E-state index contributed by atoms with van der Waals surface area (Å²) < 4.78 is 14.2. The van der Waals surface area contributed by atoms with Crippen molar-refractivity contribution in [3.8, 4) is 0 Å². The van der Waals surface area contributed by atoms with Crippen LogP contribution in [0.25, 0.3) is 5.65 Å². The van der Waals surface area contributed by atoms with Gasteiger partial charge in [0, 0.05) is 18.3 Å². The minimum Gasteiger partial charge on any atom is -0.381 e. The van der Waals surface area contributed by atoms with E-state index in [1.165, 1.54) is 5.57 Å². The lowest BCUT2D eigenvalue weighted by atomic mass is 10.0. The van der Waals surface area contributed by atoms with Crippen LogP contribution in [0.2, 0.25) is 0 Å². The Labute approximate surface area is 129 Å². The van der Waals surface area contributed by atoms with Crippen LogP contribution in [0.3, 0.4) is 0 Å². The predicted octanol–water partition coefficient (Wildman–Crippen LogP) is 2.27. The zero-order valence-corrected chi connectivity index (χ0v) is 13.0. The Morgan fingerprint density at radius 1 is 1.32 bits per heavy atom. The largest absolute Gasteiger partial charge is 0.381 e. The lowest BCUT2D eigenvalue weighted by Gasteiger charge is -2.20. The molecular weight excluding hydrogens is 280 g/mol. The van der Waals surface area contributed by atoms with Gasteiger partial charge in [-0.15, -0.1) is 0 Å². The fourth-order valence-electron chi connectivity index (χ4n) is 3.54. The Bertz CT molecular complexity index is 765. The van der Waals surface area contributed by atoms with Gasteiger partial charge in [-0.2, -0.15) is 0 Å². The van der Waals surface area contributed by atoms with Crippen LogP contribution < -0.4 is 5.73 Å². The second-order valence-corrected chi connectivity index (χ2v) is 6.33. The zero-order chi connectivity index (χ0) is 15.5. The van der Waals surface area contributed by atoms with Crippen LogP contribution in [-0.4, -0.2) is 32.4 Å². The van der Waals surface area contributed by atoms with Crippen molar-refractivity contribution in [3.05, 3.63) is 35.9 Å². The third-order valence-corrected chi connectivity index (χ3v) is 4.48. The van der Waals surface area contributed by atoms with E-state index in [0.29, 0.717) is 11.5 Å². The van der Waals surface area contributed by atoms with Crippen molar-refractivity contribution in [3.63, 3.8) is 0 Å². The maximum atomic E-state index is 6.16. The summed E-state index contributed by atoms with van der Waals surface area (Å²) in [6.07, 6.45) is 8.66. The van der Waals surface area contributed by atoms with Gasteiger partial charge in [0.2, 0.25) is 0 Å². The van der Waals surface area contributed by atoms with E-state index in [1.807, 2.05) is 30.6 Å². The minimum atomic E-state index is -0.552. The van der Waals surface area contributed by atoms with Gasteiger partial charge in [0.25, 0.3) is 0 Å². The molecule has 0 spiro atoms. The minimum absolute atomic E-state index is 0.0146. The molecule has 2 N–H and O–H groups in total. The molecule has 116 valence electrons. The van der Waals surface area contributed by atoms with Crippen molar-refractivity contribution in [2.24, 2.45) is 0 Å². The quantitative estimate of drug-likeness (QED) is 0.861. The Hall–Kier alpha value is -1.92. The van der Waals surface area contributed by atoms with Crippen LogP contribution in [-0.2, 0) is 9.47 Å². The molecule has 2 aromatic rings. The van der Waals surface area contributed by atoms with Crippen LogP contribution >= 0.6 is 0 Å². The van der Waals surface area contributed by atoms with Gasteiger partial charge >= 0.3 is 0 Å². The summed E-state index contributed by atoms with van der Waals surface area (Å²) in [5, 5.41) is 0. The van der Waals surface area contributed by atoms with Crippen LogP contribution in [0, 0.1) is 0 Å². The molecule has 1 saturated heterocycles. The first-order chi connectivity index (χ1) is 10.5. The summed E-state index contributed by atoms with van der Waals surface area (Å²) in [6.45, 7) is 6.08. The number of aromatic nitrogens is 3. The highest BCUT2D eigenvalue weighted by Crippen LogP contribution is 2.46. The first-order valence-electron chi connectivity index (χ1n) is 7.64. The monoisotopic (exact) mass is 300 g/mol. The molecule has 0 amide bonds. The van der Waals surface area contributed by atoms with E-state index in [-0.39, 0.29) is 18.1 Å². The number of nitrogens with two attached hydrogens (primary N) is 1. The number of imidazole rings is 1. The molecule has 2 aromatic heterocycles. The Morgan fingerprint density at radius 2 is 2.14 bits per heavy atom. The fraction of sp³-hybridized carbons (Fsp3) is 0.500. The highest BCUT2D eigenvalue weighted by Gasteiger charge is 2.50. The van der Waals surface area contributed by atoms with E-state index in [9.17, 15) is 0 Å². The van der Waals surface area contributed by atoms with E-state index in [4.69, 9.17) is 15.2 Å². The highest BCUT2D eigenvalue weighted by atomic mass is 16.8. The summed E-state index contributed by atoms with van der Waals surface area (Å²) in [5.74, 6) is -0.00554. The van der Waals surface area contributed by atoms with Gasteiger partial charge in [-0.25, -0.2) is 9.97 Å². The lowest BCUT2D eigenvalue weighted by Crippen LogP contribution is -2.25. The summed E-state index contributed by atoms with van der Waals surface area (Å²) in [4.78, 5) is 8.51. The van der Waals surface area contributed by atoms with Gasteiger partial charge in [-0.05, 0) is 25.8 Å². The first-order valence-corrected chi connectivity index (χ1v) is 7.64. The van der Waals surface area contributed by atoms with Crippen molar-refractivity contribution < 1.29 is 9.47 Å². The van der Waals surface area contributed by atoms with Crippen molar-refractivity contribution in [2.75, 3.05) is 5.73 Å². The number of hydrogen-bond donors (Lipinski definition) is 1. The average Bonchev–Trinajstić information content (AvgIpc) is 3.10. The van der Waals surface area contributed by atoms with Crippen LogP contribution in [0.1, 0.15) is 38.8 Å². The maximum Gasteiger partial charge on any atom is 0.180 e. The van der Waals surface area contributed by atoms with Crippen molar-refractivity contribution >= 4 is 11.5 Å². The number of anilines is 1. The van der Waals surface area contributed by atoms with Gasteiger partial charge in [-0.1, -0.05) is 13.0 Å². The van der Waals surface area contributed by atoms with Gasteiger partial charge in [0.15, 0.2) is 17.3 Å². The molecule has 0 aromatic carbocycles. The summed E-state index contributed by atoms with van der Waals surface area (Å²) in [7, 11) is 0. The number of nitrogens with zero attached hydrogens (tertiary/aromatic N) is 3. The second-order valence-electron chi connectivity index (χ2n) is 6.33. The molecule has 6 heteroatoms. The molecule has 0 radical (unpaired) electrons. The molecule has 4 rings (SSSR count). The molecule has 3 heterocycles. The Kier molecular flexibility index (Phi) is 2.83. The van der Waals surface area contributed by atoms with E-state index in [0.717, 1.165) is 12.1 Å². The third kappa shape index (κ3) is 1.87. The summed E-state index contributed by atoms with van der Waals surface area (Å²) in [6, 6.07) is 0. The normalized spacial score (nSPS) is 29.8. The fourth-order valence-corrected chi connectivity index (χ4v) is 3.54. The van der Waals surface area contributed by atoms with E-state index in [1.54, 1.807) is 6.20 Å². The Morgan fingerprint density at radius 3 is 2.91 bits per heavy atom. The maximum absolute atomic E-state index is 6.16. The second kappa shape index (κ2) is 4.54. The molecule has 1 aliphatic carbocycles. The van der Waals surface area contributed by atoms with Gasteiger partial charge < -0.3 is 15.2 Å². The highest BCUT2D eigenvalue weighted by molar-refractivity contribution is 5.60. The average molecular weight is 300 g/mol. The number of hydrogen-bond acceptors (Lipinski definition) is 5. The zero-order valence-electron chi connectivity index (χ0n) is 13.0. The molecule has 1 fully saturated rings. The van der Waals surface area contributed by atoms with Crippen LogP contribution in [0.15, 0.2) is 30.2 Å². The molecule has 0 bridgehead atoms. The third-order valence-electron chi connectivity index (χ3n) is 4.48. The van der Waals surface area contributed by atoms with E-state index >= 15 is 0 Å². The summed E-state index contributed by atoms with van der Waals surface area (Å²) >= 11 is 0. The van der Waals surface area contributed by atoms with Crippen molar-refractivity contribution in [1.82, 2.24) is 14.4 Å². The topological polar surface area (TPSA) is 74.7 Å². The number of nitrogen functional groups attached to an aromatic ring is 1. The first kappa shape index (κ1) is 13.7. The van der Waals surface area contributed by atoms with Crippen molar-refractivity contribution in [1.29, 1.82) is 0 Å². The van der Waals surface area contributed by atoms with Crippen LogP contribution in [0.5, 0.6) is 0 Å². The predicted molar refractivity (Wildman–Crippen MR) is 82.3 cm³/mol. The molecule has 6 nitrogen and oxygen atoms in total. The van der Waals surface area contributed by atoms with Crippen molar-refractivity contribution in [2.45, 2.75) is 51.1 Å². The van der Waals surface area contributed by atoms with Gasteiger partial charge in [0.1, 0.15) is 12.2 Å². The summed E-state index contributed by atoms with van der Waals surface area (Å²) in [5.41, 5.74) is 8.94. The molecular formula is C16H20N4O2. The smallest absolute Gasteiger partial charge is 0.180 e. The number of ether oxygens (including phenoxy) is 2. The van der Waals surface area contributed by atoms with Gasteiger partial charge in [-0.3, -0.25) is 4.40 Å². The molecule has 3 atom stereocenters. The standard InChI is InChI=1S/C16H20N4O2/c1-4-9-7-10(13-12(9)21-16(2,3)22-13)11-8-19-15-14(17)18-5-6-20(11)15/h5-8,10,12-13H,4H2,1-3H3,(H2,17,18)/t10-,12+,13-/m0/s1. The molecule has 2 aliphatic rings. The van der Waals surface area contributed by atoms with E-state index < -0.39 is 5.79 Å². The molecule has 1 aliphatic heterocycles. The Balaban J connectivity index is 1.81. The molecule has 22 heavy (non-hydrogen) atoms. The molecule has 0 saturated carbocycles. The number of fused-ring (bicyclic) bond motifs is 2. The molecule has 0 unspecified atom stereocenters. The van der Waals surface area contributed by atoms with Gasteiger partial charge in [0.05, 0.1) is 11.9 Å². The lowest BCUT2D eigenvalue weighted by molar-refractivity contribution is -0.146. The SMILES string of the molecule is CCC1=C[C@@H](c2cnc3c(N)nccn23)[C@@H]2OC(C)(C)O[C@H]12.